The van der Waals surface area contributed by atoms with Gasteiger partial charge in [0, 0.05) is 30.6 Å². The number of aryl methyl sites for hydroxylation is 1. The Labute approximate surface area is 126 Å². The fourth-order valence-corrected chi connectivity index (χ4v) is 3.01. The summed E-state index contributed by atoms with van der Waals surface area (Å²) in [5.41, 5.74) is 3.12. The van der Waals surface area contributed by atoms with Crippen LogP contribution in [-0.2, 0) is 6.54 Å². The second-order valence-electron chi connectivity index (χ2n) is 6.26. The smallest absolute Gasteiger partial charge is 0.155 e. The summed E-state index contributed by atoms with van der Waals surface area (Å²) in [6.45, 7) is 6.46. The molecule has 1 aliphatic heterocycles. The van der Waals surface area contributed by atoms with Gasteiger partial charge in [-0.2, -0.15) is 5.10 Å². The van der Waals surface area contributed by atoms with Gasteiger partial charge in [0.2, 0.25) is 0 Å². The van der Waals surface area contributed by atoms with Gasteiger partial charge in [-0.25, -0.2) is 9.50 Å². The highest BCUT2D eigenvalue weighted by Gasteiger charge is 2.15. The highest BCUT2D eigenvalue weighted by atomic mass is 15.2. The Hall–Kier alpha value is -1.46. The summed E-state index contributed by atoms with van der Waals surface area (Å²) < 4.78 is 1.86. The molecule has 114 valence electrons. The number of hydrogen-bond acceptors (Lipinski definition) is 4. The van der Waals surface area contributed by atoms with Crippen molar-refractivity contribution in [2.75, 3.05) is 26.7 Å². The lowest BCUT2D eigenvalue weighted by atomic mass is 9.94. The highest BCUT2D eigenvalue weighted by Crippen LogP contribution is 2.18. The molecule has 5 heteroatoms. The number of fused-ring (bicyclic) bond motifs is 1. The van der Waals surface area contributed by atoms with Gasteiger partial charge in [-0.15, -0.1) is 0 Å². The van der Waals surface area contributed by atoms with Gasteiger partial charge in [0.15, 0.2) is 5.65 Å². The van der Waals surface area contributed by atoms with Gasteiger partial charge >= 0.3 is 0 Å². The highest BCUT2D eigenvalue weighted by molar-refractivity contribution is 5.38. The minimum absolute atomic E-state index is 0.870. The van der Waals surface area contributed by atoms with Crippen molar-refractivity contribution >= 4 is 5.65 Å². The van der Waals surface area contributed by atoms with Gasteiger partial charge in [0.1, 0.15) is 0 Å². The van der Waals surface area contributed by atoms with Crippen LogP contribution in [0, 0.1) is 12.8 Å². The molecule has 0 unspecified atom stereocenters. The van der Waals surface area contributed by atoms with E-state index in [1.165, 1.54) is 37.9 Å². The van der Waals surface area contributed by atoms with E-state index in [4.69, 9.17) is 0 Å². The van der Waals surface area contributed by atoms with Gasteiger partial charge in [0.05, 0.1) is 5.69 Å². The van der Waals surface area contributed by atoms with E-state index in [1.54, 1.807) is 0 Å². The zero-order valence-electron chi connectivity index (χ0n) is 13.0. The molecule has 0 aliphatic carbocycles. The first-order chi connectivity index (χ1) is 10.2. The normalized spacial score (nSPS) is 17.6. The van der Waals surface area contributed by atoms with Crippen LogP contribution >= 0.6 is 0 Å². The summed E-state index contributed by atoms with van der Waals surface area (Å²) in [5.74, 6) is 0.892. The number of nitrogens with zero attached hydrogens (tertiary/aromatic N) is 4. The fraction of sp³-hybridized carbons (Fsp3) is 0.625. The molecular weight excluding hydrogens is 262 g/mol. The summed E-state index contributed by atoms with van der Waals surface area (Å²) in [6.07, 6.45) is 7.98. The third-order valence-electron chi connectivity index (χ3n) is 4.39. The zero-order valence-corrected chi connectivity index (χ0v) is 13.0. The van der Waals surface area contributed by atoms with Crippen molar-refractivity contribution in [1.82, 2.24) is 24.8 Å². The first kappa shape index (κ1) is 14.5. The van der Waals surface area contributed by atoms with Crippen molar-refractivity contribution in [3.8, 4) is 0 Å². The zero-order chi connectivity index (χ0) is 14.7. The fourth-order valence-electron chi connectivity index (χ4n) is 3.01. The van der Waals surface area contributed by atoms with E-state index in [-0.39, 0.29) is 0 Å². The van der Waals surface area contributed by atoms with Crippen molar-refractivity contribution < 1.29 is 0 Å². The summed E-state index contributed by atoms with van der Waals surface area (Å²) in [6, 6.07) is 2.00. The molecule has 21 heavy (non-hydrogen) atoms. The second kappa shape index (κ2) is 6.54. The summed E-state index contributed by atoms with van der Waals surface area (Å²) in [7, 11) is 2.22. The molecule has 0 radical (unpaired) electrons. The Morgan fingerprint density at radius 2 is 2.14 bits per heavy atom. The maximum absolute atomic E-state index is 4.43. The minimum atomic E-state index is 0.870. The Morgan fingerprint density at radius 3 is 2.95 bits per heavy atom. The molecule has 0 aromatic carbocycles. The van der Waals surface area contributed by atoms with Crippen molar-refractivity contribution in [2.24, 2.45) is 5.92 Å². The van der Waals surface area contributed by atoms with Crippen LogP contribution in [0.4, 0.5) is 0 Å². The Bertz CT molecular complexity index is 583. The van der Waals surface area contributed by atoms with Crippen molar-refractivity contribution in [3.63, 3.8) is 0 Å². The van der Waals surface area contributed by atoms with Gasteiger partial charge in [-0.05, 0) is 58.8 Å². The molecule has 3 rings (SSSR count). The molecule has 2 aromatic rings. The molecule has 1 fully saturated rings. The molecular formula is C16H25N5. The third-order valence-corrected chi connectivity index (χ3v) is 4.39. The van der Waals surface area contributed by atoms with Crippen LogP contribution in [0.3, 0.4) is 0 Å². The van der Waals surface area contributed by atoms with Gasteiger partial charge in [0.25, 0.3) is 0 Å². The SMILES string of the molecule is Cc1cc2ncc(CNCCC3CCN(C)CC3)cn2n1. The molecule has 5 nitrogen and oxygen atoms in total. The standard InChI is InChI=1S/C16H25N5/c1-13-9-16-18-11-15(12-21(16)19-13)10-17-6-3-14-4-7-20(2)8-5-14/h9,11-12,14,17H,3-8,10H2,1-2H3. The lowest BCUT2D eigenvalue weighted by molar-refractivity contribution is 0.211. The number of likely N-dealkylation sites (tertiary alicyclic amines) is 1. The lowest BCUT2D eigenvalue weighted by Crippen LogP contribution is -2.31. The molecule has 0 atom stereocenters. The van der Waals surface area contributed by atoms with Crippen molar-refractivity contribution in [2.45, 2.75) is 32.7 Å². The van der Waals surface area contributed by atoms with Crippen LogP contribution in [0.15, 0.2) is 18.5 Å². The third kappa shape index (κ3) is 3.80. The van der Waals surface area contributed by atoms with Crippen molar-refractivity contribution in [1.29, 1.82) is 0 Å². The van der Waals surface area contributed by atoms with E-state index < -0.39 is 0 Å². The predicted octanol–water partition coefficient (Wildman–Crippen LogP) is 1.86. The molecule has 1 saturated heterocycles. The van der Waals surface area contributed by atoms with E-state index >= 15 is 0 Å². The number of aromatic nitrogens is 3. The quantitative estimate of drug-likeness (QED) is 0.853. The number of hydrogen-bond donors (Lipinski definition) is 1. The Balaban J connectivity index is 1.44. The monoisotopic (exact) mass is 287 g/mol. The van der Waals surface area contributed by atoms with Crippen molar-refractivity contribution in [3.05, 3.63) is 29.7 Å². The molecule has 3 heterocycles. The summed E-state index contributed by atoms with van der Waals surface area (Å²) in [5, 5.41) is 7.94. The second-order valence-corrected chi connectivity index (χ2v) is 6.26. The lowest BCUT2D eigenvalue weighted by Gasteiger charge is -2.28. The van der Waals surface area contributed by atoms with Crippen LogP contribution in [-0.4, -0.2) is 46.2 Å². The molecule has 1 aliphatic rings. The maximum Gasteiger partial charge on any atom is 0.155 e. The van der Waals surface area contributed by atoms with E-state index in [9.17, 15) is 0 Å². The molecule has 0 spiro atoms. The summed E-state index contributed by atoms with van der Waals surface area (Å²) in [4.78, 5) is 6.86. The summed E-state index contributed by atoms with van der Waals surface area (Å²) >= 11 is 0. The van der Waals surface area contributed by atoms with E-state index in [0.717, 1.165) is 30.3 Å². The molecule has 1 N–H and O–H groups in total. The maximum atomic E-state index is 4.43. The van der Waals surface area contributed by atoms with E-state index in [0.29, 0.717) is 0 Å². The molecule has 0 amide bonds. The average Bonchev–Trinajstić information content (AvgIpc) is 2.85. The first-order valence-corrected chi connectivity index (χ1v) is 7.91. The van der Waals surface area contributed by atoms with Gasteiger partial charge in [-0.1, -0.05) is 0 Å². The number of piperidine rings is 1. The Morgan fingerprint density at radius 1 is 1.33 bits per heavy atom. The molecule has 0 bridgehead atoms. The van der Waals surface area contributed by atoms with Gasteiger partial charge < -0.3 is 10.2 Å². The number of nitrogens with one attached hydrogen (secondary N) is 1. The topological polar surface area (TPSA) is 45.5 Å². The largest absolute Gasteiger partial charge is 0.313 e. The number of rotatable bonds is 5. The first-order valence-electron chi connectivity index (χ1n) is 7.91. The van der Waals surface area contributed by atoms with E-state index in [2.05, 4.69) is 33.5 Å². The predicted molar refractivity (Wildman–Crippen MR) is 84.3 cm³/mol. The average molecular weight is 287 g/mol. The molecule has 0 saturated carbocycles. The van der Waals surface area contributed by atoms with E-state index in [1.807, 2.05) is 23.7 Å². The van der Waals surface area contributed by atoms with Crippen LogP contribution in [0.1, 0.15) is 30.5 Å². The van der Waals surface area contributed by atoms with Gasteiger partial charge in [-0.3, -0.25) is 0 Å². The van der Waals surface area contributed by atoms with Crippen LogP contribution < -0.4 is 5.32 Å². The van der Waals surface area contributed by atoms with Crippen LogP contribution in [0.25, 0.3) is 5.65 Å². The Kier molecular flexibility index (Phi) is 4.51. The van der Waals surface area contributed by atoms with Crippen LogP contribution in [0.2, 0.25) is 0 Å². The molecule has 2 aromatic heterocycles. The minimum Gasteiger partial charge on any atom is -0.313 e. The van der Waals surface area contributed by atoms with Crippen LogP contribution in [0.5, 0.6) is 0 Å².